The van der Waals surface area contributed by atoms with Crippen LogP contribution < -0.4 is 5.32 Å². The molecule has 0 aliphatic carbocycles. The van der Waals surface area contributed by atoms with E-state index in [9.17, 15) is 0 Å². The van der Waals surface area contributed by atoms with Crippen LogP contribution in [0.4, 0.5) is 0 Å². The highest BCUT2D eigenvalue weighted by Gasteiger charge is 2.33. The third kappa shape index (κ3) is 3.39. The number of hydrogen-bond acceptors (Lipinski definition) is 5. The van der Waals surface area contributed by atoms with Gasteiger partial charge >= 0.3 is 0 Å². The van der Waals surface area contributed by atoms with Crippen molar-refractivity contribution in [3.63, 3.8) is 0 Å². The molecule has 0 saturated carbocycles. The van der Waals surface area contributed by atoms with Crippen molar-refractivity contribution >= 4 is 15.9 Å². The molecule has 0 bridgehead atoms. The molecule has 1 aromatic rings. The van der Waals surface area contributed by atoms with Gasteiger partial charge in [0.05, 0.1) is 24.4 Å². The number of aromatic nitrogens is 3. The van der Waals surface area contributed by atoms with Crippen molar-refractivity contribution in [3.05, 3.63) is 10.3 Å². The third-order valence-corrected chi connectivity index (χ3v) is 4.34. The molecule has 6 nitrogen and oxygen atoms in total. The van der Waals surface area contributed by atoms with Gasteiger partial charge in [-0.3, -0.25) is 4.90 Å². The first-order valence-electron chi connectivity index (χ1n) is 7.18. The summed E-state index contributed by atoms with van der Waals surface area (Å²) in [5.74, 6) is 0. The fourth-order valence-electron chi connectivity index (χ4n) is 2.66. The molecule has 1 N–H and O–H groups in total. The molecule has 0 spiro atoms. The molecule has 1 aromatic heterocycles. The van der Waals surface area contributed by atoms with Crippen LogP contribution in [0.15, 0.2) is 4.60 Å². The van der Waals surface area contributed by atoms with Gasteiger partial charge in [-0.05, 0) is 36.3 Å². The molecule has 1 fully saturated rings. The smallest absolute Gasteiger partial charge is 0.153 e. The van der Waals surface area contributed by atoms with Crippen molar-refractivity contribution < 1.29 is 4.74 Å². The van der Waals surface area contributed by atoms with Crippen LogP contribution in [0.25, 0.3) is 0 Å². The molecule has 1 aliphatic rings. The quantitative estimate of drug-likeness (QED) is 0.872. The van der Waals surface area contributed by atoms with Crippen LogP contribution in [0.3, 0.4) is 0 Å². The van der Waals surface area contributed by atoms with E-state index in [0.717, 1.165) is 36.5 Å². The van der Waals surface area contributed by atoms with E-state index in [4.69, 9.17) is 4.74 Å². The Labute approximate surface area is 129 Å². The van der Waals surface area contributed by atoms with Crippen molar-refractivity contribution in [2.75, 3.05) is 26.2 Å². The molecule has 20 heavy (non-hydrogen) atoms. The summed E-state index contributed by atoms with van der Waals surface area (Å²) in [5, 5.41) is 11.7. The molecule has 0 radical (unpaired) electrons. The summed E-state index contributed by atoms with van der Waals surface area (Å²) in [7, 11) is 1.92. The van der Waals surface area contributed by atoms with E-state index in [1.807, 2.05) is 11.7 Å². The van der Waals surface area contributed by atoms with E-state index in [1.165, 1.54) is 0 Å². The lowest BCUT2D eigenvalue weighted by atomic mass is 10.0. The number of rotatable bonds is 5. The number of ether oxygens (including phenoxy) is 1. The molecule has 2 rings (SSSR count). The number of morpholine rings is 1. The predicted molar refractivity (Wildman–Crippen MR) is 81.6 cm³/mol. The lowest BCUT2D eigenvalue weighted by Gasteiger charge is -2.39. The Hall–Kier alpha value is -0.500. The molecule has 0 amide bonds. The van der Waals surface area contributed by atoms with Gasteiger partial charge in [0.15, 0.2) is 4.60 Å². The SMILES string of the molecule is CCNC(c1c(Br)nnn1C)C1CN(C(C)C)CCO1. The van der Waals surface area contributed by atoms with Crippen LogP contribution in [0, 0.1) is 0 Å². The minimum atomic E-state index is 0.0934. The lowest BCUT2D eigenvalue weighted by Crippen LogP contribution is -2.50. The van der Waals surface area contributed by atoms with E-state index in [2.05, 4.69) is 57.2 Å². The predicted octanol–water partition coefficient (Wildman–Crippen LogP) is 1.34. The number of halogens is 1. The van der Waals surface area contributed by atoms with E-state index >= 15 is 0 Å². The van der Waals surface area contributed by atoms with Crippen LogP contribution in [0.1, 0.15) is 32.5 Å². The molecule has 7 heteroatoms. The summed E-state index contributed by atoms with van der Waals surface area (Å²) in [6.45, 7) is 10.1. The zero-order valence-corrected chi connectivity index (χ0v) is 14.2. The van der Waals surface area contributed by atoms with Gasteiger partial charge in [-0.2, -0.15) is 0 Å². The molecule has 1 saturated heterocycles. The second kappa shape index (κ2) is 6.98. The van der Waals surface area contributed by atoms with Gasteiger partial charge < -0.3 is 10.1 Å². The van der Waals surface area contributed by atoms with Crippen LogP contribution in [0.2, 0.25) is 0 Å². The summed E-state index contributed by atoms with van der Waals surface area (Å²) in [6, 6.07) is 0.632. The summed E-state index contributed by atoms with van der Waals surface area (Å²) in [4.78, 5) is 2.45. The Bertz CT molecular complexity index is 417. The topological polar surface area (TPSA) is 55.2 Å². The number of nitrogens with zero attached hydrogens (tertiary/aromatic N) is 4. The fourth-order valence-corrected chi connectivity index (χ4v) is 3.23. The second-order valence-corrected chi connectivity index (χ2v) is 6.17. The normalized spacial score (nSPS) is 22.4. The molecule has 1 aliphatic heterocycles. The third-order valence-electron chi connectivity index (χ3n) is 3.77. The first kappa shape index (κ1) is 15.9. The van der Waals surface area contributed by atoms with Gasteiger partial charge in [-0.1, -0.05) is 12.1 Å². The minimum Gasteiger partial charge on any atom is -0.374 e. The highest BCUT2D eigenvalue weighted by molar-refractivity contribution is 9.10. The van der Waals surface area contributed by atoms with Gasteiger partial charge in [-0.25, -0.2) is 4.68 Å². The van der Waals surface area contributed by atoms with Gasteiger partial charge in [0, 0.05) is 26.2 Å². The van der Waals surface area contributed by atoms with Crippen molar-refractivity contribution in [2.24, 2.45) is 7.05 Å². The summed E-state index contributed by atoms with van der Waals surface area (Å²) >= 11 is 3.49. The van der Waals surface area contributed by atoms with E-state index < -0.39 is 0 Å². The summed E-state index contributed by atoms with van der Waals surface area (Å²) < 4.78 is 8.62. The average molecular weight is 346 g/mol. The number of likely N-dealkylation sites (N-methyl/N-ethyl adjacent to an activating group) is 1. The van der Waals surface area contributed by atoms with Crippen molar-refractivity contribution in [1.82, 2.24) is 25.2 Å². The molecule has 0 aromatic carbocycles. The molecular weight excluding hydrogens is 322 g/mol. The first-order valence-corrected chi connectivity index (χ1v) is 7.98. The van der Waals surface area contributed by atoms with E-state index in [1.54, 1.807) is 0 Å². The Balaban J connectivity index is 2.20. The summed E-state index contributed by atoms with van der Waals surface area (Å²) in [6.07, 6.45) is 0.111. The average Bonchev–Trinajstić information content (AvgIpc) is 2.76. The highest BCUT2D eigenvalue weighted by Crippen LogP contribution is 2.27. The van der Waals surface area contributed by atoms with Gasteiger partial charge in [0.1, 0.15) is 0 Å². The van der Waals surface area contributed by atoms with Crippen molar-refractivity contribution in [2.45, 2.75) is 39.0 Å². The minimum absolute atomic E-state index is 0.0934. The Morgan fingerprint density at radius 1 is 1.50 bits per heavy atom. The van der Waals surface area contributed by atoms with E-state index in [-0.39, 0.29) is 12.1 Å². The van der Waals surface area contributed by atoms with Crippen molar-refractivity contribution in [1.29, 1.82) is 0 Å². The van der Waals surface area contributed by atoms with Gasteiger partial charge in [-0.15, -0.1) is 5.10 Å². The maximum Gasteiger partial charge on any atom is 0.153 e. The Morgan fingerprint density at radius 2 is 2.25 bits per heavy atom. The standard InChI is InChI=1S/C13H24BrN5O/c1-5-15-11(12-13(14)16-17-18(12)4)10-8-19(9(2)3)6-7-20-10/h9-11,15H,5-8H2,1-4H3. The highest BCUT2D eigenvalue weighted by atomic mass is 79.9. The molecular formula is C13H24BrN5O. The zero-order valence-electron chi connectivity index (χ0n) is 12.6. The molecule has 114 valence electrons. The largest absolute Gasteiger partial charge is 0.374 e. The van der Waals surface area contributed by atoms with Crippen LogP contribution >= 0.6 is 15.9 Å². The second-order valence-electron chi connectivity index (χ2n) is 5.42. The van der Waals surface area contributed by atoms with Crippen LogP contribution in [0.5, 0.6) is 0 Å². The molecule has 2 atom stereocenters. The van der Waals surface area contributed by atoms with E-state index in [0.29, 0.717) is 6.04 Å². The number of hydrogen-bond donors (Lipinski definition) is 1. The van der Waals surface area contributed by atoms with Gasteiger partial charge in [0.25, 0.3) is 0 Å². The first-order chi connectivity index (χ1) is 9.54. The van der Waals surface area contributed by atoms with Crippen molar-refractivity contribution in [3.8, 4) is 0 Å². The lowest BCUT2D eigenvalue weighted by molar-refractivity contribution is -0.0571. The fraction of sp³-hybridized carbons (Fsp3) is 0.846. The van der Waals surface area contributed by atoms with Crippen LogP contribution in [-0.4, -0.2) is 58.3 Å². The zero-order chi connectivity index (χ0) is 14.7. The van der Waals surface area contributed by atoms with Crippen LogP contribution in [-0.2, 0) is 11.8 Å². The molecule has 2 unspecified atom stereocenters. The maximum atomic E-state index is 6.01. The molecule has 2 heterocycles. The number of nitrogens with one attached hydrogen (secondary N) is 1. The maximum absolute atomic E-state index is 6.01. The monoisotopic (exact) mass is 345 g/mol. The van der Waals surface area contributed by atoms with Gasteiger partial charge in [0.2, 0.25) is 0 Å². The summed E-state index contributed by atoms with van der Waals surface area (Å²) in [5.41, 5.74) is 1.04. The Morgan fingerprint density at radius 3 is 2.80 bits per heavy atom. The Kier molecular flexibility index (Phi) is 5.54. The number of aryl methyl sites for hydroxylation is 1.